The van der Waals surface area contributed by atoms with Gasteiger partial charge in [-0.2, -0.15) is 0 Å². The molecule has 1 aromatic heterocycles. The lowest BCUT2D eigenvalue weighted by Gasteiger charge is -2.22. The predicted molar refractivity (Wildman–Crippen MR) is 136 cm³/mol. The van der Waals surface area contributed by atoms with Crippen LogP contribution in [-0.4, -0.2) is 46.0 Å². The van der Waals surface area contributed by atoms with E-state index in [0.29, 0.717) is 23.7 Å². The number of hydrogen-bond donors (Lipinski definition) is 3. The third-order valence-electron chi connectivity index (χ3n) is 5.15. The number of benzene rings is 2. The van der Waals surface area contributed by atoms with Crippen LogP contribution >= 0.6 is 11.3 Å². The minimum atomic E-state index is -2.42. The second-order valence-corrected chi connectivity index (χ2v) is 9.35. The Kier molecular flexibility index (Phi) is 10.4. The van der Waals surface area contributed by atoms with Crippen LogP contribution in [0.25, 0.3) is 0 Å². The smallest absolute Gasteiger partial charge is 0.407 e. The molecule has 0 aliphatic heterocycles. The molecule has 0 aliphatic rings. The van der Waals surface area contributed by atoms with Gasteiger partial charge >= 0.3 is 6.09 Å². The number of carbonyl (C=O) groups excluding carboxylic acids is 2. The van der Waals surface area contributed by atoms with E-state index in [0.717, 1.165) is 16.8 Å². The number of methoxy groups -OCH3 is 2. The highest BCUT2D eigenvalue weighted by Crippen LogP contribution is 2.24. The topological polar surface area (TPSA) is 142 Å². The molecule has 10 nitrogen and oxygen atoms in total. The Labute approximate surface area is 215 Å². The summed E-state index contributed by atoms with van der Waals surface area (Å²) in [6.07, 6.45) is -0.0467. The zero-order valence-corrected chi connectivity index (χ0v) is 21.4. The van der Waals surface area contributed by atoms with Crippen molar-refractivity contribution >= 4 is 40.3 Å². The van der Waals surface area contributed by atoms with Crippen molar-refractivity contribution in [2.24, 2.45) is 0 Å². The Hall–Kier alpha value is -3.32. The third kappa shape index (κ3) is 8.41. The molecule has 0 fully saturated rings. The fourth-order valence-electron chi connectivity index (χ4n) is 3.47. The van der Waals surface area contributed by atoms with Crippen molar-refractivity contribution in [2.75, 3.05) is 18.9 Å². The molecule has 0 bridgehead atoms. The molecule has 0 saturated heterocycles. The second-order valence-electron chi connectivity index (χ2n) is 7.79. The van der Waals surface area contributed by atoms with Gasteiger partial charge in [-0.3, -0.25) is 9.00 Å². The zero-order chi connectivity index (χ0) is 25.9. The van der Waals surface area contributed by atoms with Crippen LogP contribution in [0.4, 0.5) is 10.5 Å². The average molecular weight is 532 g/mol. The van der Waals surface area contributed by atoms with E-state index in [9.17, 15) is 18.4 Å². The number of nitrogens with one attached hydrogen (secondary N) is 3. The largest absolute Gasteiger partial charge is 0.755 e. The average Bonchev–Trinajstić information content (AvgIpc) is 3.33. The Morgan fingerprint density at radius 2 is 1.72 bits per heavy atom. The molecule has 0 radical (unpaired) electrons. The van der Waals surface area contributed by atoms with Crippen molar-refractivity contribution in [1.29, 1.82) is 0 Å². The van der Waals surface area contributed by atoms with E-state index in [1.807, 2.05) is 35.7 Å². The van der Waals surface area contributed by atoms with Crippen LogP contribution in [0.2, 0.25) is 0 Å². The van der Waals surface area contributed by atoms with Crippen LogP contribution in [0.15, 0.2) is 60.0 Å². The maximum Gasteiger partial charge on any atom is 0.407 e. The van der Waals surface area contributed by atoms with Gasteiger partial charge in [0.05, 0.1) is 25.5 Å². The Morgan fingerprint density at radius 3 is 2.36 bits per heavy atom. The molecule has 1 heterocycles. The number of nitrogens with zero attached hydrogens (tertiary/aromatic N) is 1. The standard InChI is InChI=1S/C24H28N4O6S2/c1-33-14-19-15-35-23(25-19)21(13-17-8-10-18(11-9-17)28-36(31)32)26-22(29)20(27-24(30)34-2)12-16-6-4-3-5-7-16/h3-11,15,20-21,28H,12-14H2,1-2H3,(H,26,29)(H,27,30)(H,31,32)/p-1/t20-,21-/m0/s1. The van der Waals surface area contributed by atoms with Crippen molar-refractivity contribution in [3.8, 4) is 0 Å². The van der Waals surface area contributed by atoms with Gasteiger partial charge in [-0.1, -0.05) is 42.5 Å². The van der Waals surface area contributed by atoms with Gasteiger partial charge in [0.25, 0.3) is 0 Å². The third-order valence-corrected chi connectivity index (χ3v) is 6.56. The fourth-order valence-corrected chi connectivity index (χ4v) is 4.65. The fraction of sp³-hybridized carbons (Fsp3) is 0.292. The quantitative estimate of drug-likeness (QED) is 0.305. The highest BCUT2D eigenvalue weighted by molar-refractivity contribution is 7.80. The molecular weight excluding hydrogens is 504 g/mol. The summed E-state index contributed by atoms with van der Waals surface area (Å²) >= 11 is -1.03. The normalized spacial score (nSPS) is 13.3. The molecule has 0 spiro atoms. The molecule has 2 aromatic carbocycles. The predicted octanol–water partition coefficient (Wildman–Crippen LogP) is 2.86. The van der Waals surface area contributed by atoms with Crippen LogP contribution < -0.4 is 15.4 Å². The molecule has 36 heavy (non-hydrogen) atoms. The molecule has 3 atom stereocenters. The van der Waals surface area contributed by atoms with Gasteiger partial charge < -0.3 is 29.4 Å². The first-order valence-electron chi connectivity index (χ1n) is 10.9. The van der Waals surface area contributed by atoms with E-state index in [2.05, 4.69) is 20.3 Å². The molecule has 3 rings (SSSR count). The maximum absolute atomic E-state index is 13.4. The van der Waals surface area contributed by atoms with E-state index in [-0.39, 0.29) is 6.42 Å². The summed E-state index contributed by atoms with van der Waals surface area (Å²) in [6, 6.07) is 14.8. The molecule has 0 aliphatic carbocycles. The van der Waals surface area contributed by atoms with E-state index in [1.165, 1.54) is 18.4 Å². The Morgan fingerprint density at radius 1 is 1.03 bits per heavy atom. The van der Waals surface area contributed by atoms with Crippen molar-refractivity contribution in [3.63, 3.8) is 0 Å². The molecule has 0 saturated carbocycles. The molecular formula is C24H27N4O6S2-. The van der Waals surface area contributed by atoms with E-state index in [4.69, 9.17) is 9.47 Å². The number of ether oxygens (including phenoxy) is 2. The van der Waals surface area contributed by atoms with Crippen molar-refractivity contribution in [3.05, 3.63) is 81.8 Å². The molecule has 3 N–H and O–H groups in total. The van der Waals surface area contributed by atoms with Crippen LogP contribution in [0.1, 0.15) is 27.9 Å². The van der Waals surface area contributed by atoms with Crippen LogP contribution in [0.5, 0.6) is 0 Å². The number of carbonyl (C=O) groups is 2. The van der Waals surface area contributed by atoms with Gasteiger partial charge in [0.1, 0.15) is 11.0 Å². The summed E-state index contributed by atoms with van der Waals surface area (Å²) in [7, 11) is 2.82. The lowest BCUT2D eigenvalue weighted by molar-refractivity contribution is -0.123. The summed E-state index contributed by atoms with van der Waals surface area (Å²) in [5.74, 6) is -0.391. The van der Waals surface area contributed by atoms with Crippen LogP contribution in [-0.2, 0) is 45.0 Å². The Balaban J connectivity index is 1.82. The van der Waals surface area contributed by atoms with Crippen molar-refractivity contribution in [1.82, 2.24) is 15.6 Å². The van der Waals surface area contributed by atoms with Gasteiger partial charge in [0.15, 0.2) is 0 Å². The van der Waals surface area contributed by atoms with Gasteiger partial charge in [-0.15, -0.1) is 11.3 Å². The number of rotatable bonds is 12. The highest BCUT2D eigenvalue weighted by atomic mass is 32.2. The van der Waals surface area contributed by atoms with E-state index >= 15 is 0 Å². The number of hydrogen-bond acceptors (Lipinski definition) is 8. The van der Waals surface area contributed by atoms with Crippen molar-refractivity contribution < 1.29 is 27.8 Å². The first-order chi connectivity index (χ1) is 17.4. The summed E-state index contributed by atoms with van der Waals surface area (Å²) in [5, 5.41) is 8.17. The van der Waals surface area contributed by atoms with Gasteiger partial charge in [-0.25, -0.2) is 9.78 Å². The first kappa shape index (κ1) is 27.3. The summed E-state index contributed by atoms with van der Waals surface area (Å²) in [5.41, 5.74) is 2.89. The lowest BCUT2D eigenvalue weighted by Crippen LogP contribution is -2.49. The summed E-state index contributed by atoms with van der Waals surface area (Å²) < 4.78 is 33.9. The van der Waals surface area contributed by atoms with Crippen LogP contribution in [0.3, 0.4) is 0 Å². The monoisotopic (exact) mass is 531 g/mol. The number of anilines is 1. The minimum absolute atomic E-state index is 0.272. The molecule has 12 heteroatoms. The van der Waals surface area contributed by atoms with Crippen molar-refractivity contribution in [2.45, 2.75) is 31.5 Å². The van der Waals surface area contributed by atoms with E-state index < -0.39 is 35.4 Å². The molecule has 3 aromatic rings. The molecule has 2 amide bonds. The maximum atomic E-state index is 13.4. The highest BCUT2D eigenvalue weighted by Gasteiger charge is 2.26. The van der Waals surface area contributed by atoms with Gasteiger partial charge in [-0.05, 0) is 29.7 Å². The Bertz CT molecular complexity index is 1160. The molecule has 192 valence electrons. The van der Waals surface area contributed by atoms with Crippen LogP contribution in [0, 0.1) is 0 Å². The lowest BCUT2D eigenvalue weighted by atomic mass is 10.0. The van der Waals surface area contributed by atoms with Gasteiger partial charge in [0, 0.05) is 35.9 Å². The molecule has 1 unspecified atom stereocenters. The number of thiazole rings is 1. The summed E-state index contributed by atoms with van der Waals surface area (Å²) in [6.45, 7) is 0.338. The number of aromatic nitrogens is 1. The second kappa shape index (κ2) is 13.7. The number of amides is 2. The zero-order valence-electron chi connectivity index (χ0n) is 19.8. The number of alkyl carbamates (subject to hydrolysis) is 1. The minimum Gasteiger partial charge on any atom is -0.755 e. The first-order valence-corrected chi connectivity index (χ1v) is 12.9. The SMILES string of the molecule is COCc1csc([C@H](Cc2ccc(NS(=O)[O-])cc2)NC(=O)[C@H](Cc2ccccc2)NC(=O)OC)n1. The van der Waals surface area contributed by atoms with E-state index in [1.54, 1.807) is 31.4 Å². The van der Waals surface area contributed by atoms with Gasteiger partial charge in [0.2, 0.25) is 5.91 Å². The summed E-state index contributed by atoms with van der Waals surface area (Å²) in [4.78, 5) is 29.9.